The standard InChI is InChI=1S/C54H35NO2/c1-4-13-37(14-5-1)44-30-28-42(34-48(44)39-17-8-3-9-18-39)55(43-29-32-52-50(35-43)46-19-10-11-22-51(46)56-52)41-26-23-36(24-27-41)40-25-31-53-49(33-40)47-21-12-20-45(54(47)57-53)38-15-6-2-7-16-38/h1-35H. The lowest BCUT2D eigenvalue weighted by Crippen LogP contribution is -2.10. The molecule has 0 saturated heterocycles. The summed E-state index contributed by atoms with van der Waals surface area (Å²) in [6.07, 6.45) is 0. The van der Waals surface area contributed by atoms with Gasteiger partial charge in [-0.3, -0.25) is 0 Å². The van der Waals surface area contributed by atoms with Gasteiger partial charge in [-0.2, -0.15) is 0 Å². The van der Waals surface area contributed by atoms with Crippen LogP contribution in [0.25, 0.3) is 88.4 Å². The Bertz CT molecular complexity index is 3220. The van der Waals surface area contributed by atoms with Crippen molar-refractivity contribution in [3.63, 3.8) is 0 Å². The first-order chi connectivity index (χ1) is 28.2. The van der Waals surface area contributed by atoms with E-state index in [-0.39, 0.29) is 0 Å². The highest BCUT2D eigenvalue weighted by molar-refractivity contribution is 6.11. The average molecular weight is 730 g/mol. The van der Waals surface area contributed by atoms with Crippen LogP contribution >= 0.6 is 0 Å². The van der Waals surface area contributed by atoms with E-state index in [9.17, 15) is 0 Å². The maximum Gasteiger partial charge on any atom is 0.143 e. The molecular formula is C54H35NO2. The molecule has 268 valence electrons. The van der Waals surface area contributed by atoms with Gasteiger partial charge < -0.3 is 13.7 Å². The second-order valence-electron chi connectivity index (χ2n) is 14.5. The van der Waals surface area contributed by atoms with Gasteiger partial charge in [0, 0.05) is 44.2 Å². The molecule has 0 bridgehead atoms. The SMILES string of the molecule is c1ccc(-c2ccc(N(c3ccc(-c4ccc5oc6c(-c7ccccc7)cccc6c5c4)cc3)c3ccc4oc5ccccc5c4c3)cc2-c2ccccc2)cc1. The molecule has 0 radical (unpaired) electrons. The predicted molar refractivity (Wildman–Crippen MR) is 237 cm³/mol. The molecule has 3 heteroatoms. The maximum atomic E-state index is 6.49. The molecule has 57 heavy (non-hydrogen) atoms. The Morgan fingerprint density at radius 1 is 0.263 bits per heavy atom. The second kappa shape index (κ2) is 13.6. The van der Waals surface area contributed by atoms with Crippen molar-refractivity contribution >= 4 is 60.9 Å². The second-order valence-corrected chi connectivity index (χ2v) is 14.5. The van der Waals surface area contributed by atoms with Crippen LogP contribution in [0.4, 0.5) is 17.1 Å². The molecule has 11 aromatic rings. The largest absolute Gasteiger partial charge is 0.456 e. The lowest BCUT2D eigenvalue weighted by Gasteiger charge is -2.27. The van der Waals surface area contributed by atoms with E-state index in [1.165, 1.54) is 22.3 Å². The van der Waals surface area contributed by atoms with Gasteiger partial charge in [-0.25, -0.2) is 0 Å². The van der Waals surface area contributed by atoms with Crippen molar-refractivity contribution in [3.05, 3.63) is 212 Å². The third kappa shape index (κ3) is 5.76. The number of fused-ring (bicyclic) bond motifs is 6. The number of nitrogens with zero attached hydrogens (tertiary/aromatic N) is 1. The molecule has 0 N–H and O–H groups in total. The molecule has 0 aliphatic carbocycles. The molecular weight excluding hydrogens is 695 g/mol. The van der Waals surface area contributed by atoms with E-state index in [1.807, 2.05) is 18.2 Å². The minimum Gasteiger partial charge on any atom is -0.456 e. The van der Waals surface area contributed by atoms with Gasteiger partial charge in [0.25, 0.3) is 0 Å². The normalized spacial score (nSPS) is 11.5. The van der Waals surface area contributed by atoms with Crippen molar-refractivity contribution < 1.29 is 8.83 Å². The Morgan fingerprint density at radius 2 is 0.789 bits per heavy atom. The van der Waals surface area contributed by atoms with Crippen LogP contribution in [0.1, 0.15) is 0 Å². The zero-order valence-electron chi connectivity index (χ0n) is 31.0. The predicted octanol–water partition coefficient (Wildman–Crippen LogP) is 15.6. The minimum absolute atomic E-state index is 0.873. The average Bonchev–Trinajstić information content (AvgIpc) is 3.85. The topological polar surface area (TPSA) is 29.5 Å². The van der Waals surface area contributed by atoms with Gasteiger partial charge in [-0.15, -0.1) is 0 Å². The highest BCUT2D eigenvalue weighted by Crippen LogP contribution is 2.43. The smallest absolute Gasteiger partial charge is 0.143 e. The number of benzene rings is 9. The van der Waals surface area contributed by atoms with Crippen molar-refractivity contribution in [1.82, 2.24) is 0 Å². The quantitative estimate of drug-likeness (QED) is 0.164. The maximum absolute atomic E-state index is 6.49. The highest BCUT2D eigenvalue weighted by Gasteiger charge is 2.19. The monoisotopic (exact) mass is 729 g/mol. The van der Waals surface area contributed by atoms with E-state index in [2.05, 4.69) is 199 Å². The molecule has 2 heterocycles. The van der Waals surface area contributed by atoms with Gasteiger partial charge in [0.05, 0.1) is 0 Å². The lowest BCUT2D eigenvalue weighted by molar-refractivity contribution is 0.669. The van der Waals surface area contributed by atoms with Gasteiger partial charge in [-0.1, -0.05) is 152 Å². The van der Waals surface area contributed by atoms with Crippen LogP contribution in [0.2, 0.25) is 0 Å². The zero-order chi connectivity index (χ0) is 37.7. The first-order valence-corrected chi connectivity index (χ1v) is 19.3. The van der Waals surface area contributed by atoms with Crippen molar-refractivity contribution in [2.45, 2.75) is 0 Å². The number of rotatable bonds is 7. The fourth-order valence-electron chi connectivity index (χ4n) is 8.32. The Labute approximate surface area is 330 Å². The van der Waals surface area contributed by atoms with Crippen molar-refractivity contribution in [1.29, 1.82) is 0 Å². The zero-order valence-corrected chi connectivity index (χ0v) is 31.0. The molecule has 0 unspecified atom stereocenters. The minimum atomic E-state index is 0.873. The number of hydrogen-bond donors (Lipinski definition) is 0. The van der Waals surface area contributed by atoms with E-state index in [1.54, 1.807) is 0 Å². The van der Waals surface area contributed by atoms with Crippen LogP contribution in [0.5, 0.6) is 0 Å². The summed E-state index contributed by atoms with van der Waals surface area (Å²) in [7, 11) is 0. The number of para-hydroxylation sites is 2. The summed E-state index contributed by atoms with van der Waals surface area (Å²) in [6, 6.07) is 75.2. The summed E-state index contributed by atoms with van der Waals surface area (Å²) >= 11 is 0. The molecule has 2 aromatic heterocycles. The molecule has 3 nitrogen and oxygen atoms in total. The van der Waals surface area contributed by atoms with E-state index in [4.69, 9.17) is 8.83 Å². The van der Waals surface area contributed by atoms with E-state index >= 15 is 0 Å². The molecule has 9 aromatic carbocycles. The molecule has 0 aliphatic rings. The Hall–Kier alpha value is -7.62. The summed E-state index contributed by atoms with van der Waals surface area (Å²) in [5.41, 5.74) is 16.0. The fourth-order valence-corrected chi connectivity index (χ4v) is 8.32. The third-order valence-electron chi connectivity index (χ3n) is 11.1. The molecule has 0 fully saturated rings. The van der Waals surface area contributed by atoms with Crippen molar-refractivity contribution in [3.8, 4) is 44.5 Å². The molecule has 0 spiro atoms. The van der Waals surface area contributed by atoms with Gasteiger partial charge in [0.2, 0.25) is 0 Å². The summed E-state index contributed by atoms with van der Waals surface area (Å²) in [4.78, 5) is 2.35. The van der Waals surface area contributed by atoms with Crippen LogP contribution < -0.4 is 4.90 Å². The van der Waals surface area contributed by atoms with Crippen LogP contribution in [0.3, 0.4) is 0 Å². The summed E-state index contributed by atoms with van der Waals surface area (Å²) in [6.45, 7) is 0. The van der Waals surface area contributed by atoms with Crippen molar-refractivity contribution in [2.75, 3.05) is 4.90 Å². The number of anilines is 3. The van der Waals surface area contributed by atoms with Crippen LogP contribution in [0.15, 0.2) is 221 Å². The van der Waals surface area contributed by atoms with Gasteiger partial charge >= 0.3 is 0 Å². The van der Waals surface area contributed by atoms with E-state index in [0.29, 0.717) is 0 Å². The van der Waals surface area contributed by atoms with Crippen molar-refractivity contribution in [2.24, 2.45) is 0 Å². The van der Waals surface area contributed by atoms with Crippen LogP contribution in [0, 0.1) is 0 Å². The van der Waals surface area contributed by atoms with E-state index in [0.717, 1.165) is 83.2 Å². The van der Waals surface area contributed by atoms with Crippen LogP contribution in [-0.2, 0) is 0 Å². The number of furan rings is 2. The molecule has 11 rings (SSSR count). The van der Waals surface area contributed by atoms with Gasteiger partial charge in [0.15, 0.2) is 0 Å². The summed E-state index contributed by atoms with van der Waals surface area (Å²) < 4.78 is 12.8. The Morgan fingerprint density at radius 3 is 1.54 bits per heavy atom. The molecule has 0 atom stereocenters. The van der Waals surface area contributed by atoms with Crippen LogP contribution in [-0.4, -0.2) is 0 Å². The first kappa shape index (κ1) is 32.8. The molecule has 0 aliphatic heterocycles. The molecule has 0 amide bonds. The Balaban J connectivity index is 1.04. The summed E-state index contributed by atoms with van der Waals surface area (Å²) in [5, 5.41) is 4.42. The first-order valence-electron chi connectivity index (χ1n) is 19.3. The number of hydrogen-bond acceptors (Lipinski definition) is 3. The fraction of sp³-hybridized carbons (Fsp3) is 0. The van der Waals surface area contributed by atoms with Gasteiger partial charge in [0.1, 0.15) is 22.3 Å². The third-order valence-corrected chi connectivity index (χ3v) is 11.1. The molecule has 0 saturated carbocycles. The van der Waals surface area contributed by atoms with E-state index < -0.39 is 0 Å². The lowest BCUT2D eigenvalue weighted by atomic mass is 9.93. The van der Waals surface area contributed by atoms with Gasteiger partial charge in [-0.05, 0) is 99.6 Å². The highest BCUT2D eigenvalue weighted by atomic mass is 16.3. The Kier molecular flexibility index (Phi) is 7.82. The summed E-state index contributed by atoms with van der Waals surface area (Å²) in [5.74, 6) is 0.